The van der Waals surface area contributed by atoms with Crippen molar-refractivity contribution in [3.8, 4) is 0 Å². The molecule has 5 heteroatoms. The van der Waals surface area contributed by atoms with Crippen LogP contribution in [0.1, 0.15) is 10.4 Å². The summed E-state index contributed by atoms with van der Waals surface area (Å²) < 4.78 is 0. The third-order valence-corrected chi connectivity index (χ3v) is 4.76. The molecule has 3 rings (SSSR count). The summed E-state index contributed by atoms with van der Waals surface area (Å²) in [6, 6.07) is 26.6. The number of benzene rings is 3. The predicted molar refractivity (Wildman–Crippen MR) is 105 cm³/mol. The molecule has 0 aromatic heterocycles. The number of halogens is 1. The number of para-hydroxylation sites is 1. The molecule has 25 heavy (non-hydrogen) atoms. The molecule has 0 saturated carbocycles. The molecule has 0 unspecified atom stereocenters. The van der Waals surface area contributed by atoms with E-state index in [9.17, 15) is 4.79 Å². The van der Waals surface area contributed by atoms with Crippen LogP contribution in [-0.4, -0.2) is 11.8 Å². The number of hydrazine groups is 1. The zero-order valence-corrected chi connectivity index (χ0v) is 15.0. The normalized spacial score (nSPS) is 10.3. The molecule has 3 aromatic rings. The number of amides is 1. The molecule has 0 atom stereocenters. The second-order valence-electron chi connectivity index (χ2n) is 5.30. The number of nitrogens with zero attached hydrogens (tertiary/aromatic N) is 1. The Morgan fingerprint density at radius 2 is 1.48 bits per heavy atom. The van der Waals surface area contributed by atoms with E-state index in [2.05, 4.69) is 5.43 Å². The van der Waals surface area contributed by atoms with Crippen molar-refractivity contribution in [3.63, 3.8) is 0 Å². The number of hydrogen-bond donors (Lipinski definition) is 1. The fourth-order valence-electron chi connectivity index (χ4n) is 2.23. The Bertz CT molecular complexity index is 810. The first-order valence-corrected chi connectivity index (χ1v) is 9.16. The highest BCUT2D eigenvalue weighted by Gasteiger charge is 2.12. The second kappa shape index (κ2) is 8.60. The van der Waals surface area contributed by atoms with Gasteiger partial charge in [-0.05, 0) is 48.5 Å². The van der Waals surface area contributed by atoms with Gasteiger partial charge in [-0.25, -0.2) is 0 Å². The van der Waals surface area contributed by atoms with Gasteiger partial charge in [0.15, 0.2) is 0 Å². The highest BCUT2D eigenvalue weighted by Crippen LogP contribution is 2.23. The summed E-state index contributed by atoms with van der Waals surface area (Å²) in [6.45, 7) is 0. The van der Waals surface area contributed by atoms with Gasteiger partial charge in [0.05, 0.1) is 11.6 Å². The van der Waals surface area contributed by atoms with Crippen LogP contribution in [0.3, 0.4) is 0 Å². The minimum Gasteiger partial charge on any atom is -0.275 e. The number of carbonyl (C=O) groups excluding carboxylic acids is 1. The first-order valence-electron chi connectivity index (χ1n) is 7.79. The van der Waals surface area contributed by atoms with Crippen LogP contribution in [0.25, 0.3) is 0 Å². The van der Waals surface area contributed by atoms with Crippen LogP contribution in [0.4, 0.5) is 5.69 Å². The zero-order valence-electron chi connectivity index (χ0n) is 13.4. The topological polar surface area (TPSA) is 32.3 Å². The number of nitrogens with one attached hydrogen (secondary N) is 1. The lowest BCUT2D eigenvalue weighted by Crippen LogP contribution is -2.42. The molecular formula is C20H17ClN2OS. The van der Waals surface area contributed by atoms with Crippen LogP contribution >= 0.6 is 23.4 Å². The van der Waals surface area contributed by atoms with E-state index >= 15 is 0 Å². The van der Waals surface area contributed by atoms with E-state index in [0.717, 1.165) is 10.6 Å². The average molecular weight is 369 g/mol. The summed E-state index contributed by atoms with van der Waals surface area (Å²) in [5.74, 6) is 0.436. The van der Waals surface area contributed by atoms with Gasteiger partial charge in [0.25, 0.3) is 5.91 Å². The van der Waals surface area contributed by atoms with E-state index in [-0.39, 0.29) is 5.91 Å². The molecule has 1 N–H and O–H groups in total. The van der Waals surface area contributed by atoms with Crippen LogP contribution in [0.15, 0.2) is 89.8 Å². The maximum absolute atomic E-state index is 12.5. The fourth-order valence-corrected chi connectivity index (χ4v) is 3.17. The fraction of sp³-hybridized carbons (Fsp3) is 0.0500. The quantitative estimate of drug-likeness (QED) is 0.367. The van der Waals surface area contributed by atoms with Gasteiger partial charge < -0.3 is 0 Å². The number of hydrogen-bond acceptors (Lipinski definition) is 3. The van der Waals surface area contributed by atoms with Crippen molar-refractivity contribution in [2.75, 3.05) is 10.9 Å². The summed E-state index contributed by atoms with van der Waals surface area (Å²) in [7, 11) is 0. The van der Waals surface area contributed by atoms with Crippen molar-refractivity contribution < 1.29 is 4.79 Å². The molecule has 0 spiro atoms. The molecule has 0 aliphatic carbocycles. The summed E-state index contributed by atoms with van der Waals surface area (Å²) in [6.07, 6.45) is 0. The maximum Gasteiger partial charge on any atom is 0.269 e. The van der Waals surface area contributed by atoms with Crippen LogP contribution in [0.2, 0.25) is 5.02 Å². The molecule has 0 bridgehead atoms. The first-order chi connectivity index (χ1) is 12.2. The van der Waals surface area contributed by atoms with Crippen LogP contribution in [0.5, 0.6) is 0 Å². The van der Waals surface area contributed by atoms with Gasteiger partial charge in [-0.2, -0.15) is 0 Å². The minimum atomic E-state index is -0.138. The third kappa shape index (κ3) is 5.02. The smallest absolute Gasteiger partial charge is 0.269 e. The molecule has 3 nitrogen and oxygen atoms in total. The van der Waals surface area contributed by atoms with Crippen molar-refractivity contribution in [1.82, 2.24) is 5.43 Å². The average Bonchev–Trinajstić information content (AvgIpc) is 2.67. The largest absolute Gasteiger partial charge is 0.275 e. The van der Waals surface area contributed by atoms with Gasteiger partial charge in [-0.15, -0.1) is 11.8 Å². The molecule has 0 radical (unpaired) electrons. The summed E-state index contributed by atoms with van der Waals surface area (Å²) in [5.41, 5.74) is 4.53. The van der Waals surface area contributed by atoms with Crippen molar-refractivity contribution in [2.45, 2.75) is 4.90 Å². The van der Waals surface area contributed by atoms with E-state index in [1.54, 1.807) is 23.9 Å². The van der Waals surface area contributed by atoms with Gasteiger partial charge in [0, 0.05) is 15.5 Å². The van der Waals surface area contributed by atoms with E-state index in [1.807, 2.05) is 77.8 Å². The van der Waals surface area contributed by atoms with Crippen molar-refractivity contribution in [1.29, 1.82) is 0 Å². The summed E-state index contributed by atoms with van der Waals surface area (Å²) >= 11 is 7.55. The van der Waals surface area contributed by atoms with Gasteiger partial charge in [-0.3, -0.25) is 15.2 Å². The lowest BCUT2D eigenvalue weighted by Gasteiger charge is -2.25. The van der Waals surface area contributed by atoms with E-state index in [0.29, 0.717) is 16.5 Å². The number of rotatable bonds is 6. The number of anilines is 1. The molecule has 0 aliphatic rings. The molecule has 0 fully saturated rings. The zero-order chi connectivity index (χ0) is 17.5. The highest BCUT2D eigenvalue weighted by molar-refractivity contribution is 7.99. The van der Waals surface area contributed by atoms with Gasteiger partial charge in [-0.1, -0.05) is 48.0 Å². The predicted octanol–water partition coefficient (Wildman–Crippen LogP) is 5.24. The SMILES string of the molecule is O=C(NN(CSc1ccc(Cl)cc1)c1ccccc1)c1ccccc1. The van der Waals surface area contributed by atoms with Gasteiger partial charge in [0.1, 0.15) is 0 Å². The van der Waals surface area contributed by atoms with Crippen molar-refractivity contribution >= 4 is 35.0 Å². The van der Waals surface area contributed by atoms with Crippen LogP contribution in [0, 0.1) is 0 Å². The molecule has 0 saturated heterocycles. The molecular weight excluding hydrogens is 352 g/mol. The Kier molecular flexibility index (Phi) is 5.99. The van der Waals surface area contributed by atoms with Crippen molar-refractivity contribution in [3.05, 3.63) is 95.5 Å². The second-order valence-corrected chi connectivity index (χ2v) is 6.75. The third-order valence-electron chi connectivity index (χ3n) is 3.51. The standard InChI is InChI=1S/C20H17ClN2OS/c21-17-11-13-19(14-12-17)25-15-23(18-9-5-2-6-10-18)22-20(24)16-7-3-1-4-8-16/h1-14H,15H2,(H,22,24). The number of carbonyl (C=O) groups is 1. The van der Waals surface area contributed by atoms with E-state index < -0.39 is 0 Å². The Morgan fingerprint density at radius 1 is 0.880 bits per heavy atom. The lowest BCUT2D eigenvalue weighted by molar-refractivity contribution is 0.0951. The maximum atomic E-state index is 12.5. The summed E-state index contributed by atoms with van der Waals surface area (Å²) in [4.78, 5) is 13.6. The highest BCUT2D eigenvalue weighted by atomic mass is 35.5. The number of thioether (sulfide) groups is 1. The molecule has 1 amide bonds. The first kappa shape index (κ1) is 17.4. The van der Waals surface area contributed by atoms with E-state index in [4.69, 9.17) is 11.6 Å². The minimum absolute atomic E-state index is 0.138. The monoisotopic (exact) mass is 368 g/mol. The molecule has 126 valence electrons. The van der Waals surface area contributed by atoms with Gasteiger partial charge >= 0.3 is 0 Å². The van der Waals surface area contributed by atoms with Crippen LogP contribution < -0.4 is 10.4 Å². The molecule has 0 heterocycles. The molecule has 0 aliphatic heterocycles. The lowest BCUT2D eigenvalue weighted by atomic mass is 10.2. The Labute approximate surface area is 156 Å². The van der Waals surface area contributed by atoms with Crippen LogP contribution in [-0.2, 0) is 0 Å². The van der Waals surface area contributed by atoms with Gasteiger partial charge in [0.2, 0.25) is 0 Å². The summed E-state index contributed by atoms with van der Waals surface area (Å²) in [5, 5.41) is 2.55. The molecule has 3 aromatic carbocycles. The Balaban J connectivity index is 1.73. The Morgan fingerprint density at radius 3 is 2.12 bits per heavy atom. The van der Waals surface area contributed by atoms with Crippen molar-refractivity contribution in [2.24, 2.45) is 0 Å². The van der Waals surface area contributed by atoms with E-state index in [1.165, 1.54) is 0 Å². The Hall–Kier alpha value is -2.43.